The lowest BCUT2D eigenvalue weighted by Gasteiger charge is -2.26. The number of oxime groups is 1. The van der Waals surface area contributed by atoms with E-state index in [1.165, 1.54) is 12.1 Å². The molecule has 1 aliphatic rings. The maximum absolute atomic E-state index is 14.5. The van der Waals surface area contributed by atoms with E-state index in [9.17, 15) is 13.6 Å². The van der Waals surface area contributed by atoms with Crippen molar-refractivity contribution in [2.24, 2.45) is 5.16 Å². The van der Waals surface area contributed by atoms with Crippen molar-refractivity contribution in [2.75, 3.05) is 6.54 Å². The average Bonchev–Trinajstić information content (AvgIpc) is 3.33. The van der Waals surface area contributed by atoms with Crippen LogP contribution in [0.25, 0.3) is 10.8 Å². The summed E-state index contributed by atoms with van der Waals surface area (Å²) in [4.78, 5) is 20.9. The first kappa shape index (κ1) is 21.8. The summed E-state index contributed by atoms with van der Waals surface area (Å²) in [7, 11) is 0. The minimum Gasteiger partial charge on any atom is -0.390 e. The van der Waals surface area contributed by atoms with Crippen LogP contribution in [0.3, 0.4) is 0 Å². The molecule has 0 saturated carbocycles. The number of carbonyl (C=O) groups excluding carboxylic acids is 1. The molecular weight excluding hydrogens is 434 g/mol. The van der Waals surface area contributed by atoms with E-state index in [0.29, 0.717) is 12.0 Å². The van der Waals surface area contributed by atoms with Gasteiger partial charge in [0, 0.05) is 30.2 Å². The fourth-order valence-corrected chi connectivity index (χ4v) is 4.23. The van der Waals surface area contributed by atoms with Crippen LogP contribution >= 0.6 is 0 Å². The Balaban J connectivity index is 1.43. The van der Waals surface area contributed by atoms with Gasteiger partial charge in [-0.1, -0.05) is 78.0 Å². The minimum absolute atomic E-state index is 0.0191. The molecule has 0 radical (unpaired) electrons. The molecule has 1 atom stereocenters. The van der Waals surface area contributed by atoms with Gasteiger partial charge in [-0.3, -0.25) is 4.79 Å². The van der Waals surface area contributed by atoms with Crippen LogP contribution in [0.2, 0.25) is 0 Å². The quantitative estimate of drug-likeness (QED) is 0.360. The van der Waals surface area contributed by atoms with E-state index in [2.05, 4.69) is 5.16 Å². The van der Waals surface area contributed by atoms with Crippen LogP contribution in [0, 0.1) is 11.6 Å². The van der Waals surface area contributed by atoms with Crippen molar-refractivity contribution in [1.29, 1.82) is 0 Å². The average molecular weight is 456 g/mol. The highest BCUT2D eigenvalue weighted by atomic mass is 19.1. The molecule has 0 aliphatic carbocycles. The summed E-state index contributed by atoms with van der Waals surface area (Å²) < 4.78 is 28.0. The van der Waals surface area contributed by atoms with Crippen molar-refractivity contribution in [3.8, 4) is 0 Å². The molecule has 0 N–H and O–H groups in total. The second-order valence-electron chi connectivity index (χ2n) is 8.28. The minimum atomic E-state index is -0.690. The Kier molecular flexibility index (Phi) is 6.04. The Morgan fingerprint density at radius 1 is 0.941 bits per heavy atom. The van der Waals surface area contributed by atoms with E-state index in [1.54, 1.807) is 11.0 Å². The van der Waals surface area contributed by atoms with Crippen molar-refractivity contribution in [2.45, 2.75) is 19.1 Å². The first-order valence-corrected chi connectivity index (χ1v) is 11.1. The predicted molar refractivity (Wildman–Crippen MR) is 128 cm³/mol. The zero-order chi connectivity index (χ0) is 23.5. The molecule has 1 heterocycles. The molecule has 1 aliphatic heterocycles. The third-order valence-electron chi connectivity index (χ3n) is 5.95. The summed E-state index contributed by atoms with van der Waals surface area (Å²) >= 11 is 0. The van der Waals surface area contributed by atoms with Gasteiger partial charge in [0.05, 0.1) is 12.3 Å². The van der Waals surface area contributed by atoms with Crippen molar-refractivity contribution < 1.29 is 18.4 Å². The summed E-state index contributed by atoms with van der Waals surface area (Å²) in [5.74, 6) is -1.60. The highest BCUT2D eigenvalue weighted by molar-refractivity contribution is 6.07. The molecule has 0 bridgehead atoms. The fraction of sp³-hybridized carbons (Fsp3) is 0.143. The van der Waals surface area contributed by atoms with Crippen LogP contribution in [0.15, 0.2) is 96.2 Å². The maximum Gasteiger partial charge on any atom is 0.254 e. The second-order valence-corrected chi connectivity index (χ2v) is 8.28. The van der Waals surface area contributed by atoms with E-state index < -0.39 is 11.6 Å². The number of hydrogen-bond acceptors (Lipinski definition) is 3. The topological polar surface area (TPSA) is 41.9 Å². The number of benzene rings is 4. The van der Waals surface area contributed by atoms with Crippen molar-refractivity contribution >= 4 is 22.4 Å². The summed E-state index contributed by atoms with van der Waals surface area (Å²) in [6, 6.07) is 26.3. The van der Waals surface area contributed by atoms with Gasteiger partial charge >= 0.3 is 0 Å². The van der Waals surface area contributed by atoms with Gasteiger partial charge in [-0.05, 0) is 28.5 Å². The van der Waals surface area contributed by atoms with Gasteiger partial charge in [0.1, 0.15) is 11.6 Å². The van der Waals surface area contributed by atoms with Gasteiger partial charge in [0.25, 0.3) is 5.91 Å². The molecule has 1 amide bonds. The van der Waals surface area contributed by atoms with E-state index in [4.69, 9.17) is 4.84 Å². The normalized spacial score (nSPS) is 15.1. The van der Waals surface area contributed by atoms with Crippen LogP contribution < -0.4 is 0 Å². The maximum atomic E-state index is 14.5. The second kappa shape index (κ2) is 9.43. The number of rotatable bonds is 6. The molecule has 6 heteroatoms. The third-order valence-corrected chi connectivity index (χ3v) is 5.95. The van der Waals surface area contributed by atoms with Crippen molar-refractivity contribution in [3.63, 3.8) is 0 Å². The number of amides is 1. The van der Waals surface area contributed by atoms with E-state index in [-0.39, 0.29) is 30.7 Å². The summed E-state index contributed by atoms with van der Waals surface area (Å²) in [5.41, 5.74) is 2.51. The molecule has 4 aromatic carbocycles. The first-order chi connectivity index (χ1) is 16.6. The van der Waals surface area contributed by atoms with Gasteiger partial charge in [-0.2, -0.15) is 0 Å². The molecule has 0 aromatic heterocycles. The lowest BCUT2D eigenvalue weighted by molar-refractivity contribution is 0.0404. The molecule has 4 aromatic rings. The zero-order valence-corrected chi connectivity index (χ0v) is 18.3. The SMILES string of the molecule is O=C(c1cccc2ccccc12)N(Cc1ccc(F)cc1F)CC1CC(c2ccccc2)=NO1. The Bertz CT molecular complexity index is 1370. The molecule has 0 saturated heterocycles. The lowest BCUT2D eigenvalue weighted by atomic mass is 10.0. The monoisotopic (exact) mass is 456 g/mol. The molecule has 4 nitrogen and oxygen atoms in total. The number of halogens is 2. The number of fused-ring (bicyclic) bond motifs is 1. The smallest absolute Gasteiger partial charge is 0.254 e. The Morgan fingerprint density at radius 3 is 2.53 bits per heavy atom. The third kappa shape index (κ3) is 4.53. The fourth-order valence-electron chi connectivity index (χ4n) is 4.23. The molecule has 0 fully saturated rings. The van der Waals surface area contributed by atoms with E-state index >= 15 is 0 Å². The van der Waals surface area contributed by atoms with Crippen LogP contribution in [0.4, 0.5) is 8.78 Å². The van der Waals surface area contributed by atoms with Crippen LogP contribution in [0.1, 0.15) is 27.9 Å². The Morgan fingerprint density at radius 2 is 1.71 bits per heavy atom. The highest BCUT2D eigenvalue weighted by Crippen LogP contribution is 2.24. The molecule has 5 rings (SSSR count). The zero-order valence-electron chi connectivity index (χ0n) is 18.3. The highest BCUT2D eigenvalue weighted by Gasteiger charge is 2.28. The molecule has 0 spiro atoms. The molecule has 170 valence electrons. The van der Waals surface area contributed by atoms with Gasteiger partial charge in [-0.25, -0.2) is 8.78 Å². The summed E-state index contributed by atoms with van der Waals surface area (Å²) in [6.07, 6.45) is 0.146. The molecular formula is C28H22F2N2O2. The van der Waals surface area contributed by atoms with Gasteiger partial charge in [-0.15, -0.1) is 0 Å². The van der Waals surface area contributed by atoms with Gasteiger partial charge in [0.15, 0.2) is 6.10 Å². The number of nitrogens with zero attached hydrogens (tertiary/aromatic N) is 2. The lowest BCUT2D eigenvalue weighted by Crippen LogP contribution is -2.37. The van der Waals surface area contributed by atoms with Crippen LogP contribution in [-0.2, 0) is 11.4 Å². The summed E-state index contributed by atoms with van der Waals surface area (Å²) in [6.45, 7) is 0.188. The van der Waals surface area contributed by atoms with Crippen molar-refractivity contribution in [1.82, 2.24) is 4.90 Å². The Hall–Kier alpha value is -4.06. The molecule has 34 heavy (non-hydrogen) atoms. The summed E-state index contributed by atoms with van der Waals surface area (Å²) in [5, 5.41) is 5.96. The van der Waals surface area contributed by atoms with Gasteiger partial charge < -0.3 is 9.74 Å². The van der Waals surface area contributed by atoms with Crippen molar-refractivity contribution in [3.05, 3.63) is 119 Å². The predicted octanol–water partition coefficient (Wildman–Crippen LogP) is 5.95. The first-order valence-electron chi connectivity index (χ1n) is 11.1. The standard InChI is InChI=1S/C28H22F2N2O2/c29-22-14-13-21(26(30)15-22)17-32(18-23-16-27(31-34-23)20-8-2-1-3-9-20)28(33)25-12-6-10-19-7-4-5-11-24(19)25/h1-15,23H,16-18H2. The largest absolute Gasteiger partial charge is 0.390 e. The van der Waals surface area contributed by atoms with Crippen LogP contribution in [-0.4, -0.2) is 29.2 Å². The van der Waals surface area contributed by atoms with E-state index in [1.807, 2.05) is 66.7 Å². The van der Waals surface area contributed by atoms with E-state index in [0.717, 1.165) is 28.1 Å². The van der Waals surface area contributed by atoms with Crippen LogP contribution in [0.5, 0.6) is 0 Å². The molecule has 1 unspecified atom stereocenters. The Labute approximate surface area is 196 Å². The number of carbonyl (C=O) groups is 1. The number of hydrogen-bond donors (Lipinski definition) is 0. The van der Waals surface area contributed by atoms with Gasteiger partial charge in [0.2, 0.25) is 0 Å².